The van der Waals surface area contributed by atoms with E-state index in [-0.39, 0.29) is 12.0 Å². The number of aromatic amines is 1. The molecule has 0 bridgehead atoms. The highest BCUT2D eigenvalue weighted by atomic mass is 15.4. The van der Waals surface area contributed by atoms with Crippen molar-refractivity contribution in [3.8, 4) is 0 Å². The first-order valence-corrected chi connectivity index (χ1v) is 8.00. The van der Waals surface area contributed by atoms with Crippen molar-refractivity contribution >= 4 is 22.2 Å². The highest BCUT2D eigenvalue weighted by Crippen LogP contribution is 2.24. The van der Waals surface area contributed by atoms with Crippen LogP contribution in [0.1, 0.15) is 44.1 Å². The van der Waals surface area contributed by atoms with Gasteiger partial charge < -0.3 is 0 Å². The van der Waals surface area contributed by atoms with Crippen LogP contribution in [0.5, 0.6) is 0 Å². The van der Waals surface area contributed by atoms with Crippen LogP contribution < -0.4 is 0 Å². The first-order chi connectivity index (χ1) is 11.6. The van der Waals surface area contributed by atoms with Crippen molar-refractivity contribution in [3.05, 3.63) is 35.8 Å². The molecule has 0 amide bonds. The van der Waals surface area contributed by atoms with Crippen molar-refractivity contribution in [2.24, 2.45) is 0 Å². The van der Waals surface area contributed by atoms with Crippen LogP contribution in [-0.4, -0.2) is 40.4 Å². The highest BCUT2D eigenvalue weighted by molar-refractivity contribution is 5.76. The number of hydrogen-bond donors (Lipinski definition) is 1. The van der Waals surface area contributed by atoms with Gasteiger partial charge in [-0.15, -0.1) is 10.2 Å². The van der Waals surface area contributed by atoms with Crippen LogP contribution in [0.15, 0.2) is 24.4 Å². The van der Waals surface area contributed by atoms with E-state index >= 15 is 0 Å². The molecule has 0 radical (unpaired) electrons. The number of rotatable bonds is 4. The first kappa shape index (κ1) is 14.7. The highest BCUT2D eigenvalue weighted by Gasteiger charge is 2.17. The van der Waals surface area contributed by atoms with Gasteiger partial charge in [-0.2, -0.15) is 10.2 Å². The Balaban J connectivity index is 1.64. The van der Waals surface area contributed by atoms with E-state index in [4.69, 9.17) is 0 Å². The molecule has 1 N–H and O–H groups in total. The maximum Gasteiger partial charge on any atom is 0.202 e. The van der Waals surface area contributed by atoms with Crippen LogP contribution in [0.3, 0.4) is 0 Å². The van der Waals surface area contributed by atoms with E-state index < -0.39 is 0 Å². The minimum absolute atomic E-state index is 0.167. The van der Waals surface area contributed by atoms with Crippen LogP contribution in [0.4, 0.5) is 0 Å². The molecular weight excluding hydrogens is 304 g/mol. The molecule has 0 aromatic carbocycles. The third-order valence-electron chi connectivity index (χ3n) is 4.13. The molecular formula is C16H18N8. The molecule has 0 aliphatic rings. The molecule has 24 heavy (non-hydrogen) atoms. The van der Waals surface area contributed by atoms with Gasteiger partial charge in [0.05, 0.1) is 17.4 Å². The van der Waals surface area contributed by atoms with E-state index in [9.17, 15) is 0 Å². The number of H-pyrrole nitrogens is 1. The summed E-state index contributed by atoms with van der Waals surface area (Å²) in [4.78, 5) is 4.64. The fraction of sp³-hybridized carbons (Fsp3) is 0.375. The standard InChI is InChI=1S/C16H18N8/c1-9(2)24-13-5-4-11(18-16(13)22-23-24)8-10(3)14-15-12(19-21-14)6-7-17-20-15/h4-7,9-10H,8H2,1-3H3,(H,19,21). The summed E-state index contributed by atoms with van der Waals surface area (Å²) in [6, 6.07) is 6.20. The molecule has 1 unspecified atom stereocenters. The Bertz CT molecular complexity index is 1000. The van der Waals surface area contributed by atoms with Gasteiger partial charge in [-0.3, -0.25) is 5.10 Å². The van der Waals surface area contributed by atoms with Gasteiger partial charge in [0.15, 0.2) is 0 Å². The molecule has 122 valence electrons. The van der Waals surface area contributed by atoms with Crippen molar-refractivity contribution in [1.82, 2.24) is 40.4 Å². The Kier molecular flexibility index (Phi) is 3.44. The molecule has 4 heterocycles. The number of nitrogens with zero attached hydrogens (tertiary/aromatic N) is 7. The van der Waals surface area contributed by atoms with Crippen LogP contribution in [0, 0.1) is 0 Å². The average Bonchev–Trinajstić information content (AvgIpc) is 3.18. The first-order valence-electron chi connectivity index (χ1n) is 8.00. The Morgan fingerprint density at radius 2 is 2.00 bits per heavy atom. The lowest BCUT2D eigenvalue weighted by Gasteiger charge is -2.09. The van der Waals surface area contributed by atoms with Crippen molar-refractivity contribution in [3.63, 3.8) is 0 Å². The van der Waals surface area contributed by atoms with Crippen molar-refractivity contribution < 1.29 is 0 Å². The summed E-state index contributed by atoms with van der Waals surface area (Å²) in [7, 11) is 0. The van der Waals surface area contributed by atoms with Gasteiger partial charge in [-0.05, 0) is 38.5 Å². The molecule has 8 heteroatoms. The van der Waals surface area contributed by atoms with Gasteiger partial charge in [0.2, 0.25) is 5.65 Å². The lowest BCUT2D eigenvalue weighted by Crippen LogP contribution is -2.04. The lowest BCUT2D eigenvalue weighted by atomic mass is 10.0. The number of nitrogens with one attached hydrogen (secondary N) is 1. The van der Waals surface area contributed by atoms with Gasteiger partial charge in [-0.25, -0.2) is 9.67 Å². The summed E-state index contributed by atoms with van der Waals surface area (Å²) in [6.45, 7) is 6.27. The molecule has 4 aromatic rings. The zero-order chi connectivity index (χ0) is 16.7. The molecule has 0 spiro atoms. The van der Waals surface area contributed by atoms with Crippen LogP contribution in [0.2, 0.25) is 0 Å². The molecule has 0 saturated carbocycles. The summed E-state index contributed by atoms with van der Waals surface area (Å²) >= 11 is 0. The summed E-state index contributed by atoms with van der Waals surface area (Å²) in [6.07, 6.45) is 2.41. The Hall–Kier alpha value is -2.90. The average molecular weight is 322 g/mol. The zero-order valence-corrected chi connectivity index (χ0v) is 13.8. The van der Waals surface area contributed by atoms with Crippen molar-refractivity contribution in [2.75, 3.05) is 0 Å². The van der Waals surface area contributed by atoms with E-state index in [1.165, 1.54) is 0 Å². The van der Waals surface area contributed by atoms with Crippen molar-refractivity contribution in [2.45, 2.75) is 39.2 Å². The second-order valence-corrected chi connectivity index (χ2v) is 6.28. The zero-order valence-electron chi connectivity index (χ0n) is 13.8. The summed E-state index contributed by atoms with van der Waals surface area (Å²) in [5, 5.41) is 23.9. The van der Waals surface area contributed by atoms with E-state index in [0.29, 0.717) is 5.65 Å². The Labute approximate surface area is 138 Å². The molecule has 0 fully saturated rings. The minimum atomic E-state index is 0.167. The quantitative estimate of drug-likeness (QED) is 0.619. The van der Waals surface area contributed by atoms with E-state index in [1.54, 1.807) is 6.20 Å². The third-order valence-corrected chi connectivity index (χ3v) is 4.13. The second kappa shape index (κ2) is 5.63. The maximum atomic E-state index is 4.64. The number of aromatic nitrogens is 8. The fourth-order valence-corrected chi connectivity index (χ4v) is 2.91. The summed E-state index contributed by atoms with van der Waals surface area (Å²) in [5.41, 5.74) is 5.22. The Morgan fingerprint density at radius 3 is 2.83 bits per heavy atom. The monoisotopic (exact) mass is 322 g/mol. The van der Waals surface area contributed by atoms with Gasteiger partial charge >= 0.3 is 0 Å². The number of pyridine rings is 1. The smallest absolute Gasteiger partial charge is 0.202 e. The topological polar surface area (TPSA) is 98.1 Å². The normalized spacial score (nSPS) is 13.2. The molecule has 4 rings (SSSR count). The largest absolute Gasteiger partial charge is 0.276 e. The van der Waals surface area contributed by atoms with Gasteiger partial charge in [0.1, 0.15) is 11.0 Å². The molecule has 0 aliphatic heterocycles. The van der Waals surface area contributed by atoms with Crippen LogP contribution >= 0.6 is 0 Å². The lowest BCUT2D eigenvalue weighted by molar-refractivity contribution is 0.530. The Morgan fingerprint density at radius 1 is 1.12 bits per heavy atom. The number of hydrogen-bond acceptors (Lipinski definition) is 6. The van der Waals surface area contributed by atoms with Crippen molar-refractivity contribution in [1.29, 1.82) is 0 Å². The van der Waals surface area contributed by atoms with Crippen LogP contribution in [-0.2, 0) is 6.42 Å². The molecule has 0 aliphatic carbocycles. The fourth-order valence-electron chi connectivity index (χ4n) is 2.91. The third kappa shape index (κ3) is 2.40. The predicted molar refractivity (Wildman–Crippen MR) is 89.5 cm³/mol. The van der Waals surface area contributed by atoms with E-state index in [0.717, 1.165) is 34.4 Å². The van der Waals surface area contributed by atoms with E-state index in [1.807, 2.05) is 22.9 Å². The van der Waals surface area contributed by atoms with Crippen LogP contribution in [0.25, 0.3) is 22.2 Å². The molecule has 1 atom stereocenters. The van der Waals surface area contributed by atoms with Gasteiger partial charge in [-0.1, -0.05) is 12.1 Å². The predicted octanol–water partition coefficient (Wildman–Crippen LogP) is 2.42. The maximum absolute atomic E-state index is 4.64. The van der Waals surface area contributed by atoms with E-state index in [2.05, 4.69) is 56.5 Å². The molecule has 8 nitrogen and oxygen atoms in total. The molecule has 4 aromatic heterocycles. The summed E-state index contributed by atoms with van der Waals surface area (Å²) in [5.74, 6) is 0.167. The SMILES string of the molecule is CC(Cc1ccc2c(nnn2C(C)C)n1)c1n[nH]c2ccnnc12. The molecule has 0 saturated heterocycles. The second-order valence-electron chi connectivity index (χ2n) is 6.28. The van der Waals surface area contributed by atoms with Gasteiger partial charge in [0, 0.05) is 17.7 Å². The van der Waals surface area contributed by atoms with Gasteiger partial charge in [0.25, 0.3) is 0 Å². The summed E-state index contributed by atoms with van der Waals surface area (Å²) < 4.78 is 1.88. The number of fused-ring (bicyclic) bond motifs is 2. The minimum Gasteiger partial charge on any atom is -0.276 e.